The number of benzene rings is 1. The maximum Gasteiger partial charge on any atom is 0.226 e. The molecule has 2 aromatic rings. The van der Waals surface area contributed by atoms with Crippen LogP contribution in [0.25, 0.3) is 11.5 Å². The monoisotopic (exact) mass is 300 g/mol. The fraction of sp³-hybridized carbons (Fsp3) is 0.308. The lowest BCUT2D eigenvalue weighted by Crippen LogP contribution is -2.18. The second kappa shape index (κ2) is 6.91. The summed E-state index contributed by atoms with van der Waals surface area (Å²) in [6.07, 6.45) is 1.62. The second-order valence-corrected chi connectivity index (χ2v) is 4.84. The standard InChI is InChI=1S/C13H14Cl2N2O2/c1-18-3-2-16-7-12-8-19-13(17-12)9-4-10(14)6-11(15)5-9/h4-6,8,16H,2-3,7H2,1H3. The molecule has 0 unspecified atom stereocenters. The molecule has 6 heteroatoms. The van der Waals surface area contributed by atoms with Gasteiger partial charge in [-0.15, -0.1) is 0 Å². The van der Waals surface area contributed by atoms with Crippen molar-refractivity contribution >= 4 is 23.2 Å². The average Bonchev–Trinajstić information content (AvgIpc) is 2.82. The third-order valence-electron chi connectivity index (χ3n) is 2.45. The van der Waals surface area contributed by atoms with Crippen LogP contribution in [0.1, 0.15) is 5.69 Å². The number of methoxy groups -OCH3 is 1. The van der Waals surface area contributed by atoms with Gasteiger partial charge < -0.3 is 14.5 Å². The summed E-state index contributed by atoms with van der Waals surface area (Å²) in [5, 5.41) is 4.30. The zero-order valence-electron chi connectivity index (χ0n) is 10.5. The third-order valence-corrected chi connectivity index (χ3v) is 2.89. The number of hydrogen-bond acceptors (Lipinski definition) is 4. The Bertz CT molecular complexity index is 523. The third kappa shape index (κ3) is 4.21. The molecule has 1 aromatic carbocycles. The number of oxazole rings is 1. The first kappa shape index (κ1) is 14.3. The molecule has 1 heterocycles. The lowest BCUT2D eigenvalue weighted by molar-refractivity contribution is 0.199. The van der Waals surface area contributed by atoms with E-state index in [-0.39, 0.29) is 0 Å². The highest BCUT2D eigenvalue weighted by Gasteiger charge is 2.08. The number of nitrogens with zero attached hydrogens (tertiary/aromatic N) is 1. The molecule has 0 aliphatic rings. The van der Waals surface area contributed by atoms with Crippen LogP contribution in [0.5, 0.6) is 0 Å². The Morgan fingerprint density at radius 1 is 1.26 bits per heavy atom. The normalized spacial score (nSPS) is 10.9. The summed E-state index contributed by atoms with van der Waals surface area (Å²) in [5.41, 5.74) is 1.59. The Kier molecular flexibility index (Phi) is 5.22. The van der Waals surface area contributed by atoms with Crippen molar-refractivity contribution in [3.05, 3.63) is 40.2 Å². The number of ether oxygens (including phenoxy) is 1. The fourth-order valence-corrected chi connectivity index (χ4v) is 2.11. The van der Waals surface area contributed by atoms with E-state index in [2.05, 4.69) is 10.3 Å². The molecular weight excluding hydrogens is 287 g/mol. The Hall–Kier alpha value is -1.07. The summed E-state index contributed by atoms with van der Waals surface area (Å²) in [4.78, 5) is 4.37. The molecule has 102 valence electrons. The number of aromatic nitrogens is 1. The maximum atomic E-state index is 5.95. The van der Waals surface area contributed by atoms with Crippen molar-refractivity contribution in [3.8, 4) is 11.5 Å². The van der Waals surface area contributed by atoms with Gasteiger partial charge in [0.1, 0.15) is 6.26 Å². The first-order chi connectivity index (χ1) is 9.19. The molecule has 0 amide bonds. The van der Waals surface area contributed by atoms with Crippen molar-refractivity contribution in [1.29, 1.82) is 0 Å². The van der Waals surface area contributed by atoms with Crippen LogP contribution in [0.15, 0.2) is 28.9 Å². The fourth-order valence-electron chi connectivity index (χ4n) is 1.59. The molecule has 1 N–H and O–H groups in total. The van der Waals surface area contributed by atoms with Gasteiger partial charge in [0, 0.05) is 35.8 Å². The molecule has 1 aromatic heterocycles. The van der Waals surface area contributed by atoms with E-state index in [4.69, 9.17) is 32.4 Å². The van der Waals surface area contributed by atoms with Crippen molar-refractivity contribution < 1.29 is 9.15 Å². The van der Waals surface area contributed by atoms with Crippen LogP contribution in [-0.4, -0.2) is 25.2 Å². The minimum absolute atomic E-state index is 0.507. The average molecular weight is 301 g/mol. The number of rotatable bonds is 6. The molecular formula is C13H14Cl2N2O2. The van der Waals surface area contributed by atoms with Gasteiger partial charge >= 0.3 is 0 Å². The molecule has 0 atom stereocenters. The van der Waals surface area contributed by atoms with Crippen LogP contribution in [0.4, 0.5) is 0 Å². The van der Waals surface area contributed by atoms with Gasteiger partial charge in [0.15, 0.2) is 0 Å². The second-order valence-electron chi connectivity index (χ2n) is 3.97. The van der Waals surface area contributed by atoms with Gasteiger partial charge in [-0.05, 0) is 18.2 Å². The summed E-state index contributed by atoms with van der Waals surface area (Å²) in [5.74, 6) is 0.507. The Morgan fingerprint density at radius 2 is 2.00 bits per heavy atom. The molecule has 19 heavy (non-hydrogen) atoms. The Morgan fingerprint density at radius 3 is 2.68 bits per heavy atom. The lowest BCUT2D eigenvalue weighted by Gasteiger charge is -2.00. The molecule has 0 spiro atoms. The van der Waals surface area contributed by atoms with Gasteiger partial charge in [-0.1, -0.05) is 23.2 Å². The van der Waals surface area contributed by atoms with Crippen LogP contribution in [0.3, 0.4) is 0 Å². The van der Waals surface area contributed by atoms with E-state index in [0.717, 1.165) is 17.8 Å². The molecule has 2 rings (SSSR count). The van der Waals surface area contributed by atoms with E-state index in [9.17, 15) is 0 Å². The highest BCUT2D eigenvalue weighted by Crippen LogP contribution is 2.26. The molecule has 0 aliphatic heterocycles. The van der Waals surface area contributed by atoms with Crippen molar-refractivity contribution in [1.82, 2.24) is 10.3 Å². The van der Waals surface area contributed by atoms with Gasteiger partial charge in [-0.3, -0.25) is 0 Å². The first-order valence-corrected chi connectivity index (χ1v) is 6.55. The predicted octanol–water partition coefficient (Wildman–Crippen LogP) is 3.38. The zero-order valence-corrected chi connectivity index (χ0v) is 12.0. The van der Waals surface area contributed by atoms with Crippen LogP contribution in [0, 0.1) is 0 Å². The van der Waals surface area contributed by atoms with Crippen LogP contribution >= 0.6 is 23.2 Å². The van der Waals surface area contributed by atoms with E-state index in [1.807, 2.05) is 0 Å². The zero-order chi connectivity index (χ0) is 13.7. The summed E-state index contributed by atoms with van der Waals surface area (Å²) in [7, 11) is 1.67. The molecule has 0 bridgehead atoms. The van der Waals surface area contributed by atoms with Crippen LogP contribution in [0.2, 0.25) is 10.0 Å². The molecule has 0 fully saturated rings. The van der Waals surface area contributed by atoms with E-state index in [0.29, 0.717) is 29.1 Å². The van der Waals surface area contributed by atoms with Crippen molar-refractivity contribution in [2.24, 2.45) is 0 Å². The molecule has 0 radical (unpaired) electrons. The van der Waals surface area contributed by atoms with Gasteiger partial charge in [-0.2, -0.15) is 0 Å². The lowest BCUT2D eigenvalue weighted by atomic mass is 10.2. The first-order valence-electron chi connectivity index (χ1n) is 5.79. The van der Waals surface area contributed by atoms with Crippen LogP contribution in [-0.2, 0) is 11.3 Å². The molecule has 0 aliphatic carbocycles. The smallest absolute Gasteiger partial charge is 0.226 e. The van der Waals surface area contributed by atoms with Crippen molar-refractivity contribution in [2.45, 2.75) is 6.54 Å². The summed E-state index contributed by atoms with van der Waals surface area (Å²) in [6.45, 7) is 2.05. The SMILES string of the molecule is COCCNCc1coc(-c2cc(Cl)cc(Cl)c2)n1. The number of halogens is 2. The highest BCUT2D eigenvalue weighted by atomic mass is 35.5. The predicted molar refractivity (Wildman–Crippen MR) is 75.5 cm³/mol. The number of nitrogens with one attached hydrogen (secondary N) is 1. The Labute approximate surface area is 121 Å². The molecule has 0 saturated carbocycles. The van der Waals surface area contributed by atoms with Gasteiger partial charge in [0.05, 0.1) is 12.3 Å². The summed E-state index contributed by atoms with van der Waals surface area (Å²) < 4.78 is 10.4. The molecule has 0 saturated heterocycles. The largest absolute Gasteiger partial charge is 0.444 e. The summed E-state index contributed by atoms with van der Waals surface area (Å²) >= 11 is 11.9. The minimum atomic E-state index is 0.507. The van der Waals surface area contributed by atoms with Gasteiger partial charge in [0.2, 0.25) is 5.89 Å². The molecule has 4 nitrogen and oxygen atoms in total. The van der Waals surface area contributed by atoms with E-state index in [1.165, 1.54) is 0 Å². The van der Waals surface area contributed by atoms with Crippen LogP contribution < -0.4 is 5.32 Å². The Balaban J connectivity index is 2.03. The van der Waals surface area contributed by atoms with Crippen molar-refractivity contribution in [2.75, 3.05) is 20.3 Å². The summed E-state index contributed by atoms with van der Waals surface area (Å²) in [6, 6.07) is 5.20. The van der Waals surface area contributed by atoms with Gasteiger partial charge in [0.25, 0.3) is 0 Å². The number of hydrogen-bond donors (Lipinski definition) is 1. The van der Waals surface area contributed by atoms with Crippen molar-refractivity contribution in [3.63, 3.8) is 0 Å². The van der Waals surface area contributed by atoms with E-state index >= 15 is 0 Å². The van der Waals surface area contributed by atoms with Gasteiger partial charge in [-0.25, -0.2) is 4.98 Å². The topological polar surface area (TPSA) is 47.3 Å². The highest BCUT2D eigenvalue weighted by molar-refractivity contribution is 6.35. The quantitative estimate of drug-likeness (QED) is 0.831. The maximum absolute atomic E-state index is 5.95. The minimum Gasteiger partial charge on any atom is -0.444 e. The van der Waals surface area contributed by atoms with E-state index < -0.39 is 0 Å². The van der Waals surface area contributed by atoms with E-state index in [1.54, 1.807) is 31.6 Å².